The molecule has 0 unspecified atom stereocenters. The Bertz CT molecular complexity index is 680. The summed E-state index contributed by atoms with van der Waals surface area (Å²) >= 11 is 6.27. The second kappa shape index (κ2) is 6.05. The number of aromatic nitrogens is 1. The smallest absolute Gasteiger partial charge is 0.358 e. The van der Waals surface area contributed by atoms with Crippen molar-refractivity contribution in [1.82, 2.24) is 5.16 Å². The van der Waals surface area contributed by atoms with E-state index < -0.39 is 5.97 Å². The quantitative estimate of drug-likeness (QED) is 0.912. The predicted octanol–water partition coefficient (Wildman–Crippen LogP) is 3.27. The number of carbonyl (C=O) groups is 1. The van der Waals surface area contributed by atoms with Crippen molar-refractivity contribution in [2.75, 3.05) is 14.2 Å². The molecule has 0 aliphatic heterocycles. The molecular weight excluding hydrogens is 298 g/mol. The molecular formula is C14H14ClNO5. The average Bonchev–Trinajstić information content (AvgIpc) is 2.95. The fraction of sp³-hybridized carbons (Fsp3) is 0.286. The predicted molar refractivity (Wildman–Crippen MR) is 76.4 cm³/mol. The molecule has 0 bridgehead atoms. The van der Waals surface area contributed by atoms with Crippen LogP contribution in [0.1, 0.15) is 23.0 Å². The van der Waals surface area contributed by atoms with Crippen LogP contribution in [-0.4, -0.2) is 30.5 Å². The first-order valence-corrected chi connectivity index (χ1v) is 6.55. The highest BCUT2D eigenvalue weighted by atomic mass is 35.5. The van der Waals surface area contributed by atoms with Crippen molar-refractivity contribution in [2.24, 2.45) is 0 Å². The molecule has 0 atom stereocenters. The van der Waals surface area contributed by atoms with E-state index in [1.165, 1.54) is 20.3 Å². The summed E-state index contributed by atoms with van der Waals surface area (Å²) in [4.78, 5) is 10.9. The Balaban J connectivity index is 2.69. The van der Waals surface area contributed by atoms with Gasteiger partial charge in [0.1, 0.15) is 0 Å². The third kappa shape index (κ3) is 2.67. The number of hydrogen-bond acceptors (Lipinski definition) is 5. The minimum Gasteiger partial charge on any atom is -0.493 e. The number of aromatic carboxylic acids is 1. The maximum Gasteiger partial charge on any atom is 0.358 e. The van der Waals surface area contributed by atoms with Crippen LogP contribution >= 0.6 is 11.6 Å². The van der Waals surface area contributed by atoms with E-state index in [4.69, 9.17) is 30.7 Å². The van der Waals surface area contributed by atoms with Gasteiger partial charge in [0, 0.05) is 23.3 Å². The van der Waals surface area contributed by atoms with Gasteiger partial charge in [-0.15, -0.1) is 0 Å². The lowest BCUT2D eigenvalue weighted by Gasteiger charge is -2.16. The molecule has 7 heteroatoms. The van der Waals surface area contributed by atoms with Gasteiger partial charge in [0.15, 0.2) is 23.0 Å². The van der Waals surface area contributed by atoms with Crippen molar-refractivity contribution in [3.05, 3.63) is 28.4 Å². The molecule has 2 rings (SSSR count). The highest BCUT2D eigenvalue weighted by Crippen LogP contribution is 2.43. The zero-order valence-electron chi connectivity index (χ0n) is 11.8. The van der Waals surface area contributed by atoms with Gasteiger partial charge < -0.3 is 19.1 Å². The van der Waals surface area contributed by atoms with Gasteiger partial charge in [0.25, 0.3) is 0 Å². The topological polar surface area (TPSA) is 81.8 Å². The molecule has 0 aliphatic carbocycles. The molecule has 0 fully saturated rings. The largest absolute Gasteiger partial charge is 0.493 e. The van der Waals surface area contributed by atoms with Gasteiger partial charge in [-0.25, -0.2) is 4.79 Å². The Morgan fingerprint density at radius 2 is 2.10 bits per heavy atom. The van der Waals surface area contributed by atoms with Crippen molar-refractivity contribution in [1.29, 1.82) is 0 Å². The monoisotopic (exact) mass is 311 g/mol. The van der Waals surface area contributed by atoms with Crippen molar-refractivity contribution >= 4 is 17.6 Å². The van der Waals surface area contributed by atoms with Gasteiger partial charge in [-0.05, 0) is 6.42 Å². The number of rotatable bonds is 5. The molecule has 1 heterocycles. The van der Waals surface area contributed by atoms with E-state index in [1.807, 2.05) is 6.92 Å². The van der Waals surface area contributed by atoms with Crippen LogP contribution in [0.3, 0.4) is 0 Å². The average molecular weight is 312 g/mol. The molecule has 1 N–H and O–H groups in total. The third-order valence-corrected chi connectivity index (χ3v) is 3.35. The molecule has 0 aliphatic rings. The number of methoxy groups -OCH3 is 2. The van der Waals surface area contributed by atoms with Gasteiger partial charge in [0.2, 0.25) is 0 Å². The van der Waals surface area contributed by atoms with E-state index in [2.05, 4.69) is 5.16 Å². The maximum absolute atomic E-state index is 10.9. The highest BCUT2D eigenvalue weighted by molar-refractivity contribution is 6.33. The minimum absolute atomic E-state index is 0.182. The highest BCUT2D eigenvalue weighted by Gasteiger charge is 2.22. The van der Waals surface area contributed by atoms with E-state index in [9.17, 15) is 4.79 Å². The van der Waals surface area contributed by atoms with Gasteiger partial charge in [-0.2, -0.15) is 0 Å². The Morgan fingerprint density at radius 3 is 2.57 bits per heavy atom. The molecule has 0 radical (unpaired) electrons. The minimum atomic E-state index is -1.17. The Labute approximate surface area is 126 Å². The number of hydrogen-bond donors (Lipinski definition) is 1. The molecule has 0 amide bonds. The molecule has 6 nitrogen and oxygen atoms in total. The van der Waals surface area contributed by atoms with Gasteiger partial charge in [0.05, 0.1) is 19.2 Å². The van der Waals surface area contributed by atoms with E-state index in [1.54, 1.807) is 6.07 Å². The second-order valence-electron chi connectivity index (χ2n) is 4.18. The lowest BCUT2D eigenvalue weighted by atomic mass is 10.0. The molecule has 0 saturated heterocycles. The fourth-order valence-corrected chi connectivity index (χ4v) is 2.44. The fourth-order valence-electron chi connectivity index (χ4n) is 2.13. The molecule has 0 saturated carbocycles. The summed E-state index contributed by atoms with van der Waals surface area (Å²) in [5.41, 5.74) is 1.13. The molecule has 1 aromatic heterocycles. The molecule has 1 aromatic carbocycles. The standard InChI is InChI=1S/C14H14ClNO5/c1-4-7-12(10-6-9(14(17)18)16-21-10)8(15)5-11(19-2)13(7)20-3/h5-6H,4H2,1-3H3,(H,17,18). The number of benzene rings is 1. The first kappa shape index (κ1) is 15.2. The number of carboxylic acid groups (broad SMARTS) is 1. The molecule has 21 heavy (non-hydrogen) atoms. The zero-order valence-corrected chi connectivity index (χ0v) is 12.5. The summed E-state index contributed by atoms with van der Waals surface area (Å²) in [5, 5.41) is 12.8. The second-order valence-corrected chi connectivity index (χ2v) is 4.59. The van der Waals surface area contributed by atoms with Crippen molar-refractivity contribution in [3.63, 3.8) is 0 Å². The Morgan fingerprint density at radius 1 is 1.38 bits per heavy atom. The van der Waals surface area contributed by atoms with Crippen LogP contribution in [0, 0.1) is 0 Å². The maximum atomic E-state index is 10.9. The van der Waals surface area contributed by atoms with Crippen LogP contribution in [0.25, 0.3) is 11.3 Å². The number of carboxylic acids is 1. The van der Waals surface area contributed by atoms with E-state index in [0.29, 0.717) is 28.5 Å². The van der Waals surface area contributed by atoms with E-state index in [0.717, 1.165) is 5.56 Å². The molecule has 0 spiro atoms. The number of ether oxygens (including phenoxy) is 2. The first-order chi connectivity index (χ1) is 10.0. The summed E-state index contributed by atoms with van der Waals surface area (Å²) in [6.45, 7) is 1.92. The number of halogens is 1. The summed E-state index contributed by atoms with van der Waals surface area (Å²) in [7, 11) is 3.04. The van der Waals surface area contributed by atoms with Crippen molar-refractivity contribution < 1.29 is 23.9 Å². The van der Waals surface area contributed by atoms with Crippen molar-refractivity contribution in [3.8, 4) is 22.8 Å². The van der Waals surface area contributed by atoms with Gasteiger partial charge in [-0.1, -0.05) is 23.7 Å². The van der Waals surface area contributed by atoms with Crippen LogP contribution in [-0.2, 0) is 6.42 Å². The number of nitrogens with zero attached hydrogens (tertiary/aromatic N) is 1. The van der Waals surface area contributed by atoms with Crippen LogP contribution in [0.4, 0.5) is 0 Å². The van der Waals surface area contributed by atoms with Gasteiger partial charge in [-0.3, -0.25) is 0 Å². The first-order valence-electron chi connectivity index (χ1n) is 6.17. The Hall–Kier alpha value is -2.21. The lowest BCUT2D eigenvalue weighted by Crippen LogP contribution is -1.99. The van der Waals surface area contributed by atoms with Crippen LogP contribution in [0.5, 0.6) is 11.5 Å². The third-order valence-electron chi connectivity index (χ3n) is 3.05. The van der Waals surface area contributed by atoms with E-state index >= 15 is 0 Å². The van der Waals surface area contributed by atoms with Gasteiger partial charge >= 0.3 is 5.97 Å². The molecule has 112 valence electrons. The van der Waals surface area contributed by atoms with Crippen LogP contribution < -0.4 is 9.47 Å². The zero-order chi connectivity index (χ0) is 15.6. The van der Waals surface area contributed by atoms with Crippen molar-refractivity contribution in [2.45, 2.75) is 13.3 Å². The van der Waals surface area contributed by atoms with E-state index in [-0.39, 0.29) is 11.5 Å². The van der Waals surface area contributed by atoms with Crippen LogP contribution in [0.2, 0.25) is 5.02 Å². The lowest BCUT2D eigenvalue weighted by molar-refractivity contribution is 0.0686. The summed E-state index contributed by atoms with van der Waals surface area (Å²) < 4.78 is 15.7. The Kier molecular flexibility index (Phi) is 4.37. The normalized spacial score (nSPS) is 10.5. The summed E-state index contributed by atoms with van der Waals surface area (Å²) in [6.07, 6.45) is 0.596. The molecule has 2 aromatic rings. The summed E-state index contributed by atoms with van der Waals surface area (Å²) in [5.74, 6) is 0.142. The SMILES string of the molecule is CCc1c(OC)c(OC)cc(Cl)c1-c1cc(C(=O)O)no1. The van der Waals surface area contributed by atoms with Crippen LogP contribution in [0.15, 0.2) is 16.7 Å². The summed E-state index contributed by atoms with van der Waals surface area (Å²) in [6, 6.07) is 2.92.